The van der Waals surface area contributed by atoms with Crippen molar-refractivity contribution in [2.75, 3.05) is 19.0 Å². The molecule has 0 aliphatic carbocycles. The number of anilines is 1. The number of hydrogen-bond donors (Lipinski definition) is 1. The van der Waals surface area contributed by atoms with E-state index in [0.717, 1.165) is 22.3 Å². The van der Waals surface area contributed by atoms with E-state index >= 15 is 0 Å². The van der Waals surface area contributed by atoms with Gasteiger partial charge in [0.25, 0.3) is 5.91 Å². The van der Waals surface area contributed by atoms with Crippen LogP contribution >= 0.6 is 15.9 Å². The molecule has 1 heterocycles. The summed E-state index contributed by atoms with van der Waals surface area (Å²) in [6.45, 7) is 3.31. The number of aryl methyl sites for hydroxylation is 1. The molecule has 0 radical (unpaired) electrons. The summed E-state index contributed by atoms with van der Waals surface area (Å²) in [7, 11) is 4.01. The van der Waals surface area contributed by atoms with Crippen LogP contribution in [0.1, 0.15) is 23.0 Å². The fraction of sp³-hybridized carbons (Fsp3) is 0.312. The molecule has 0 saturated heterocycles. The smallest absolute Gasteiger partial charge is 0.268 e. The van der Waals surface area contributed by atoms with Crippen molar-refractivity contribution in [1.29, 1.82) is 0 Å². The van der Waals surface area contributed by atoms with E-state index in [1.807, 2.05) is 67.0 Å². The first kappa shape index (κ1) is 15.6. The predicted octanol–water partition coefficient (Wildman–Crippen LogP) is 3.27. The Hall–Kier alpha value is -1.75. The molecular formula is C16H20BrN3O. The Morgan fingerprint density at radius 2 is 1.95 bits per heavy atom. The second-order valence-electron chi connectivity index (χ2n) is 5.07. The van der Waals surface area contributed by atoms with Crippen LogP contribution in [-0.4, -0.2) is 24.6 Å². The van der Waals surface area contributed by atoms with Gasteiger partial charge >= 0.3 is 0 Å². The SMILES string of the molecule is CCn1cc(Br)cc1C(=O)NCc1ccc(N(C)C)cc1. The number of nitrogens with zero attached hydrogens (tertiary/aromatic N) is 2. The zero-order chi connectivity index (χ0) is 15.4. The Labute approximate surface area is 133 Å². The average molecular weight is 350 g/mol. The molecule has 5 heteroatoms. The number of amides is 1. The number of halogens is 1. The molecule has 0 saturated carbocycles. The number of carbonyl (C=O) groups is 1. The molecule has 1 N–H and O–H groups in total. The summed E-state index contributed by atoms with van der Waals surface area (Å²) in [5, 5.41) is 2.96. The van der Waals surface area contributed by atoms with E-state index in [1.165, 1.54) is 0 Å². The van der Waals surface area contributed by atoms with E-state index in [9.17, 15) is 4.79 Å². The van der Waals surface area contributed by atoms with Gasteiger partial charge in [0.1, 0.15) is 5.69 Å². The number of rotatable bonds is 5. The minimum atomic E-state index is -0.0563. The van der Waals surface area contributed by atoms with Gasteiger partial charge in [-0.1, -0.05) is 12.1 Å². The van der Waals surface area contributed by atoms with Crippen molar-refractivity contribution < 1.29 is 4.79 Å². The quantitative estimate of drug-likeness (QED) is 0.899. The molecule has 0 atom stereocenters. The first-order valence-electron chi connectivity index (χ1n) is 6.91. The van der Waals surface area contributed by atoms with Gasteiger partial charge in [-0.3, -0.25) is 4.79 Å². The van der Waals surface area contributed by atoms with Crippen molar-refractivity contribution in [3.63, 3.8) is 0 Å². The van der Waals surface area contributed by atoms with Crippen LogP contribution < -0.4 is 10.2 Å². The van der Waals surface area contributed by atoms with Gasteiger partial charge in [-0.2, -0.15) is 0 Å². The Bertz CT molecular complexity index is 617. The van der Waals surface area contributed by atoms with Crippen LogP contribution in [0.15, 0.2) is 41.0 Å². The van der Waals surface area contributed by atoms with Crippen molar-refractivity contribution in [3.8, 4) is 0 Å². The molecule has 0 bridgehead atoms. The molecule has 0 spiro atoms. The minimum absolute atomic E-state index is 0.0563. The van der Waals surface area contributed by atoms with Crippen molar-refractivity contribution >= 4 is 27.5 Å². The third kappa shape index (κ3) is 3.88. The van der Waals surface area contributed by atoms with Gasteiger partial charge in [-0.05, 0) is 46.6 Å². The van der Waals surface area contributed by atoms with E-state index in [-0.39, 0.29) is 5.91 Å². The van der Waals surface area contributed by atoms with Crippen LogP contribution in [0, 0.1) is 0 Å². The standard InChI is InChI=1S/C16H20BrN3O/c1-4-20-11-13(17)9-15(20)16(21)18-10-12-5-7-14(8-6-12)19(2)3/h5-9,11H,4,10H2,1-3H3,(H,18,21). The summed E-state index contributed by atoms with van der Waals surface area (Å²) in [5.74, 6) is -0.0563. The monoisotopic (exact) mass is 349 g/mol. The Morgan fingerprint density at radius 1 is 1.29 bits per heavy atom. The van der Waals surface area contributed by atoms with Gasteiger partial charge < -0.3 is 14.8 Å². The van der Waals surface area contributed by atoms with E-state index in [0.29, 0.717) is 12.2 Å². The molecule has 112 valence electrons. The fourth-order valence-corrected chi connectivity index (χ4v) is 2.58. The Morgan fingerprint density at radius 3 is 2.52 bits per heavy atom. The van der Waals surface area contributed by atoms with Crippen LogP contribution in [0.3, 0.4) is 0 Å². The highest BCUT2D eigenvalue weighted by molar-refractivity contribution is 9.10. The predicted molar refractivity (Wildman–Crippen MR) is 89.7 cm³/mol. The second kappa shape index (κ2) is 6.80. The number of nitrogens with one attached hydrogen (secondary N) is 1. The Kier molecular flexibility index (Phi) is 5.07. The largest absolute Gasteiger partial charge is 0.378 e. The van der Waals surface area contributed by atoms with Crippen molar-refractivity contribution in [2.45, 2.75) is 20.0 Å². The lowest BCUT2D eigenvalue weighted by Crippen LogP contribution is -2.25. The number of aromatic nitrogens is 1. The van der Waals surface area contributed by atoms with Crippen LogP contribution in [0.2, 0.25) is 0 Å². The van der Waals surface area contributed by atoms with E-state index in [2.05, 4.69) is 21.2 Å². The summed E-state index contributed by atoms with van der Waals surface area (Å²) in [5.41, 5.74) is 2.91. The van der Waals surface area contributed by atoms with Crippen LogP contribution in [0.5, 0.6) is 0 Å². The highest BCUT2D eigenvalue weighted by Crippen LogP contribution is 2.15. The zero-order valence-electron chi connectivity index (χ0n) is 12.6. The van der Waals surface area contributed by atoms with Gasteiger partial charge in [0, 0.05) is 43.5 Å². The average Bonchev–Trinajstić information content (AvgIpc) is 2.86. The Balaban J connectivity index is 2.00. The maximum absolute atomic E-state index is 12.2. The normalized spacial score (nSPS) is 10.5. The highest BCUT2D eigenvalue weighted by Gasteiger charge is 2.11. The second-order valence-corrected chi connectivity index (χ2v) is 5.99. The number of carbonyl (C=O) groups excluding carboxylic acids is 1. The lowest BCUT2D eigenvalue weighted by molar-refractivity contribution is 0.0941. The van der Waals surface area contributed by atoms with Gasteiger partial charge in [0.2, 0.25) is 0 Å². The molecule has 0 unspecified atom stereocenters. The number of hydrogen-bond acceptors (Lipinski definition) is 2. The molecule has 0 aliphatic rings. The third-order valence-electron chi connectivity index (χ3n) is 3.34. The topological polar surface area (TPSA) is 37.3 Å². The third-order valence-corrected chi connectivity index (χ3v) is 3.78. The summed E-state index contributed by atoms with van der Waals surface area (Å²) in [6.07, 6.45) is 1.92. The van der Waals surface area contributed by atoms with Crippen LogP contribution in [-0.2, 0) is 13.1 Å². The van der Waals surface area contributed by atoms with Crippen LogP contribution in [0.4, 0.5) is 5.69 Å². The fourth-order valence-electron chi connectivity index (χ4n) is 2.11. The lowest BCUT2D eigenvalue weighted by atomic mass is 10.2. The van der Waals surface area contributed by atoms with Crippen molar-refractivity contribution in [2.24, 2.45) is 0 Å². The first-order valence-corrected chi connectivity index (χ1v) is 7.70. The molecule has 1 amide bonds. The van der Waals surface area contributed by atoms with Gasteiger partial charge in [0.05, 0.1) is 0 Å². The molecule has 2 aromatic rings. The molecule has 0 fully saturated rings. The lowest BCUT2D eigenvalue weighted by Gasteiger charge is -2.13. The molecular weight excluding hydrogens is 330 g/mol. The molecule has 0 aliphatic heterocycles. The maximum atomic E-state index is 12.2. The van der Waals surface area contributed by atoms with E-state index in [4.69, 9.17) is 0 Å². The highest BCUT2D eigenvalue weighted by atomic mass is 79.9. The number of benzene rings is 1. The van der Waals surface area contributed by atoms with Crippen molar-refractivity contribution in [3.05, 3.63) is 52.3 Å². The van der Waals surface area contributed by atoms with E-state index in [1.54, 1.807) is 0 Å². The molecule has 1 aromatic carbocycles. The summed E-state index contributed by atoms with van der Waals surface area (Å²) in [4.78, 5) is 14.3. The molecule has 21 heavy (non-hydrogen) atoms. The van der Waals surface area contributed by atoms with E-state index < -0.39 is 0 Å². The summed E-state index contributed by atoms with van der Waals surface area (Å²) >= 11 is 3.40. The maximum Gasteiger partial charge on any atom is 0.268 e. The first-order chi connectivity index (χ1) is 10.0. The molecule has 4 nitrogen and oxygen atoms in total. The van der Waals surface area contributed by atoms with Crippen molar-refractivity contribution in [1.82, 2.24) is 9.88 Å². The minimum Gasteiger partial charge on any atom is -0.378 e. The zero-order valence-corrected chi connectivity index (χ0v) is 14.1. The van der Waals surface area contributed by atoms with Gasteiger partial charge in [0.15, 0.2) is 0 Å². The van der Waals surface area contributed by atoms with Gasteiger partial charge in [-0.25, -0.2) is 0 Å². The van der Waals surface area contributed by atoms with Crippen LogP contribution in [0.25, 0.3) is 0 Å². The summed E-state index contributed by atoms with van der Waals surface area (Å²) in [6, 6.07) is 10.0. The molecule has 2 rings (SSSR count). The molecule has 1 aromatic heterocycles. The van der Waals surface area contributed by atoms with Gasteiger partial charge in [-0.15, -0.1) is 0 Å². The summed E-state index contributed by atoms with van der Waals surface area (Å²) < 4.78 is 2.85.